The maximum absolute atomic E-state index is 5.04. The van der Waals surface area contributed by atoms with E-state index in [0.717, 1.165) is 6.42 Å². The molecule has 0 atom stereocenters. The molecule has 0 fully saturated rings. The molecule has 1 aliphatic carbocycles. The van der Waals surface area contributed by atoms with Crippen molar-refractivity contribution in [2.24, 2.45) is 0 Å². The van der Waals surface area contributed by atoms with E-state index in [1.807, 2.05) is 0 Å². The molecule has 38 heavy (non-hydrogen) atoms. The summed E-state index contributed by atoms with van der Waals surface area (Å²) in [6, 6.07) is 31.6. The van der Waals surface area contributed by atoms with Gasteiger partial charge in [0, 0.05) is 0 Å². The first-order valence-corrected chi connectivity index (χ1v) is 25.5. The molecule has 0 aromatic heterocycles. The number of halogens is 4. The van der Waals surface area contributed by atoms with Crippen molar-refractivity contribution < 1.29 is 15.5 Å². The van der Waals surface area contributed by atoms with Crippen LogP contribution in [0, 0.1) is 0 Å². The molecule has 0 radical (unpaired) electrons. The Bertz CT molecular complexity index is 1310. The molecule has 5 heteroatoms. The zero-order valence-electron chi connectivity index (χ0n) is 22.8. The van der Waals surface area contributed by atoms with Gasteiger partial charge in [-0.2, -0.15) is 0 Å². The van der Waals surface area contributed by atoms with Crippen LogP contribution in [0.15, 0.2) is 84.9 Å². The molecule has 1 aliphatic rings. The fourth-order valence-electron chi connectivity index (χ4n) is 5.24. The van der Waals surface area contributed by atoms with Gasteiger partial charge in [0.15, 0.2) is 0 Å². The van der Waals surface area contributed by atoms with Crippen LogP contribution < -0.4 is 0 Å². The number of fused-ring (bicyclic) bond motifs is 3. The van der Waals surface area contributed by atoms with Crippen molar-refractivity contribution >= 4 is 34.1 Å². The predicted molar refractivity (Wildman–Crippen MR) is 166 cm³/mol. The molecule has 0 bridgehead atoms. The molecule has 198 valence electrons. The molecule has 0 aliphatic heterocycles. The van der Waals surface area contributed by atoms with Crippen molar-refractivity contribution in [3.63, 3.8) is 0 Å². The van der Waals surface area contributed by atoms with E-state index in [1.165, 1.54) is 55.6 Å². The second-order valence-corrected chi connectivity index (χ2v) is 34.3. The van der Waals surface area contributed by atoms with Gasteiger partial charge in [0.1, 0.15) is 0 Å². The minimum absolute atomic E-state index is 0.0692. The average molecular weight is 664 g/mol. The summed E-state index contributed by atoms with van der Waals surface area (Å²) in [5.41, 5.74) is 14.1. The second kappa shape index (κ2) is 11.4. The Hall–Kier alpha value is -1.08. The first-order chi connectivity index (χ1) is 17.6. The van der Waals surface area contributed by atoms with Crippen molar-refractivity contribution in [1.82, 2.24) is 0 Å². The summed E-state index contributed by atoms with van der Waals surface area (Å²) in [6.45, 7) is 14.0. The van der Waals surface area contributed by atoms with Crippen LogP contribution in [0.2, 0.25) is 0 Å². The average Bonchev–Trinajstić information content (AvgIpc) is 3.18. The Morgan fingerprint density at radius 2 is 0.816 bits per heavy atom. The summed E-state index contributed by atoms with van der Waals surface area (Å²) in [5.74, 6) is 0. The summed E-state index contributed by atoms with van der Waals surface area (Å²) in [7, 11) is 20.1. The van der Waals surface area contributed by atoms with Crippen LogP contribution in [0.1, 0.15) is 63.8 Å². The summed E-state index contributed by atoms with van der Waals surface area (Å²) >= 11 is -3.29. The minimum atomic E-state index is -3.29. The van der Waals surface area contributed by atoms with Crippen LogP contribution in [0.25, 0.3) is 33.4 Å². The van der Waals surface area contributed by atoms with Crippen LogP contribution in [-0.4, -0.2) is 0 Å². The third-order valence-electron chi connectivity index (χ3n) is 6.94. The van der Waals surface area contributed by atoms with E-state index in [4.69, 9.17) is 34.1 Å². The topological polar surface area (TPSA) is 0 Å². The van der Waals surface area contributed by atoms with Crippen LogP contribution in [-0.2, 0) is 32.7 Å². The SMILES string of the molecule is CC(C)(C)c1cc2c(cc1-c1ccccc1)Cc1cc(-c3ccccc3)c(C(C)(C)C)cc1-2.[Cl][Zr]([Cl])([Cl])[Cl]. The monoisotopic (exact) mass is 660 g/mol. The first kappa shape index (κ1) is 29.9. The molecule has 0 spiro atoms. The fourth-order valence-corrected chi connectivity index (χ4v) is 5.24. The van der Waals surface area contributed by atoms with Gasteiger partial charge < -0.3 is 0 Å². The van der Waals surface area contributed by atoms with E-state index in [0.29, 0.717) is 0 Å². The predicted octanol–water partition coefficient (Wildman–Crippen LogP) is 11.9. The Morgan fingerprint density at radius 1 is 0.500 bits per heavy atom. The quantitative estimate of drug-likeness (QED) is 0.176. The molecular weight excluding hydrogens is 629 g/mol. The standard InChI is InChI=1S/C33H34.4ClH.Zr/c1-32(2,3)30-20-26-24(18-28(30)22-13-9-7-10-14-22)17-25-19-29(23-15-11-8-12-16-23)31(21-27(25)26)33(4,5)6;;;;;/h7-16,18-21H,17H2,1-6H3;4*1H;/q;;;;;+4/p-4. The molecule has 4 aromatic rings. The Balaban J connectivity index is 0.000000617. The van der Waals surface area contributed by atoms with Crippen LogP contribution in [0.4, 0.5) is 0 Å². The number of rotatable bonds is 2. The van der Waals surface area contributed by atoms with Gasteiger partial charge in [-0.3, -0.25) is 0 Å². The van der Waals surface area contributed by atoms with Crippen molar-refractivity contribution in [3.8, 4) is 33.4 Å². The van der Waals surface area contributed by atoms with Crippen LogP contribution >= 0.6 is 34.1 Å². The van der Waals surface area contributed by atoms with Gasteiger partial charge in [-0.05, 0) is 97.2 Å². The summed E-state index contributed by atoms with van der Waals surface area (Å²) in [4.78, 5) is 0. The Labute approximate surface area is 246 Å². The molecule has 0 unspecified atom stereocenters. The Morgan fingerprint density at radius 3 is 1.11 bits per heavy atom. The molecule has 4 aromatic carbocycles. The van der Waals surface area contributed by atoms with Gasteiger partial charge in [-0.15, -0.1) is 0 Å². The second-order valence-electron chi connectivity index (χ2n) is 11.9. The number of hydrogen-bond donors (Lipinski definition) is 0. The van der Waals surface area contributed by atoms with E-state index in [-0.39, 0.29) is 10.8 Å². The number of hydrogen-bond acceptors (Lipinski definition) is 0. The molecular formula is C33H34Cl4Zr. The van der Waals surface area contributed by atoms with Crippen molar-refractivity contribution in [3.05, 3.63) is 107 Å². The van der Waals surface area contributed by atoms with Crippen LogP contribution in [0.5, 0.6) is 0 Å². The van der Waals surface area contributed by atoms with Crippen LogP contribution in [0.3, 0.4) is 0 Å². The third kappa shape index (κ3) is 7.16. The van der Waals surface area contributed by atoms with E-state index < -0.39 is 15.5 Å². The fraction of sp³-hybridized carbons (Fsp3) is 0.273. The third-order valence-corrected chi connectivity index (χ3v) is 6.94. The molecule has 0 heterocycles. The Kier molecular flexibility index (Phi) is 8.99. The first-order valence-electron chi connectivity index (χ1n) is 12.8. The zero-order valence-corrected chi connectivity index (χ0v) is 28.3. The van der Waals surface area contributed by atoms with Crippen molar-refractivity contribution in [2.75, 3.05) is 0 Å². The molecule has 5 rings (SSSR count). The molecule has 0 saturated heterocycles. The van der Waals surface area contributed by atoms with E-state index >= 15 is 0 Å². The van der Waals surface area contributed by atoms with Gasteiger partial charge in [0.2, 0.25) is 0 Å². The zero-order chi connectivity index (χ0) is 27.9. The molecule has 0 nitrogen and oxygen atoms in total. The van der Waals surface area contributed by atoms with Gasteiger partial charge in [0.05, 0.1) is 0 Å². The molecule has 0 saturated carbocycles. The van der Waals surface area contributed by atoms with E-state index in [2.05, 4.69) is 126 Å². The van der Waals surface area contributed by atoms with E-state index in [9.17, 15) is 0 Å². The number of benzene rings is 4. The van der Waals surface area contributed by atoms with E-state index in [1.54, 1.807) is 0 Å². The summed E-state index contributed by atoms with van der Waals surface area (Å²) in [6.07, 6.45) is 0.999. The maximum atomic E-state index is 5.04. The van der Waals surface area contributed by atoms with Crippen molar-refractivity contribution in [1.29, 1.82) is 0 Å². The van der Waals surface area contributed by atoms with Gasteiger partial charge in [0.25, 0.3) is 0 Å². The summed E-state index contributed by atoms with van der Waals surface area (Å²) in [5, 5.41) is 0. The van der Waals surface area contributed by atoms with Crippen molar-refractivity contribution in [2.45, 2.75) is 58.8 Å². The molecule has 0 N–H and O–H groups in total. The summed E-state index contributed by atoms with van der Waals surface area (Å²) < 4.78 is 0. The van der Waals surface area contributed by atoms with Gasteiger partial charge in [-0.25, -0.2) is 0 Å². The normalized spacial score (nSPS) is 12.9. The van der Waals surface area contributed by atoms with Gasteiger partial charge in [-0.1, -0.05) is 102 Å². The molecule has 0 amide bonds. The van der Waals surface area contributed by atoms with Gasteiger partial charge >= 0.3 is 49.5 Å².